The predicted octanol–water partition coefficient (Wildman–Crippen LogP) is 6.25. The average molecular weight is 475 g/mol. The minimum absolute atomic E-state index is 0.134. The smallest absolute Gasteiger partial charge is 0.455 e. The van der Waals surface area contributed by atoms with Gasteiger partial charge in [0, 0.05) is 16.1 Å². The topological polar surface area (TPSA) is 63.8 Å². The summed E-state index contributed by atoms with van der Waals surface area (Å²) in [6, 6.07) is 12.4. The zero-order valence-electron chi connectivity index (χ0n) is 15.3. The van der Waals surface area contributed by atoms with E-state index in [0.29, 0.717) is 21.4 Å². The van der Waals surface area contributed by atoms with Gasteiger partial charge in [0.2, 0.25) is 0 Å². The molecule has 11 heteroatoms. The Kier molecular flexibility index (Phi) is 6.87. The second-order valence-corrected chi connectivity index (χ2v) is 6.86. The van der Waals surface area contributed by atoms with Crippen LogP contribution in [0.25, 0.3) is 11.3 Å². The molecule has 2 aromatic carbocycles. The van der Waals surface area contributed by atoms with Crippen molar-refractivity contribution in [2.45, 2.75) is 12.5 Å². The number of hydrogen-bond donors (Lipinski definition) is 1. The first kappa shape index (κ1) is 22.6. The number of halogens is 6. The largest absolute Gasteiger partial charge is 0.461 e. The number of hydrogen-bond acceptors (Lipinski definition) is 4. The summed E-state index contributed by atoms with van der Waals surface area (Å²) >= 11 is 12.1. The summed E-state index contributed by atoms with van der Waals surface area (Å²) < 4.78 is 60.0. The monoisotopic (exact) mass is 474 g/mol. The van der Waals surface area contributed by atoms with Gasteiger partial charge in [0.25, 0.3) is 5.91 Å². The summed E-state index contributed by atoms with van der Waals surface area (Å²) in [5, 5.41) is 4.61. The molecule has 0 aliphatic rings. The molecule has 3 aromatic rings. The van der Waals surface area contributed by atoms with Gasteiger partial charge in [-0.2, -0.15) is 22.7 Å². The molecule has 162 valence electrons. The Hall–Kier alpha value is -3.04. The number of furan rings is 1. The summed E-state index contributed by atoms with van der Waals surface area (Å²) in [4.78, 5) is 12.1. The van der Waals surface area contributed by atoms with Crippen LogP contribution in [-0.4, -0.2) is 24.7 Å². The molecule has 1 aromatic heterocycles. The maximum atomic E-state index is 13.0. The van der Waals surface area contributed by atoms with Gasteiger partial charge in [-0.15, -0.1) is 0 Å². The Bertz CT molecular complexity index is 1120. The highest BCUT2D eigenvalue weighted by Gasteiger charge is 2.44. The quantitative estimate of drug-likeness (QED) is 0.250. The molecule has 1 heterocycles. The first-order valence-electron chi connectivity index (χ1n) is 8.49. The lowest BCUT2D eigenvalue weighted by Crippen LogP contribution is -2.33. The van der Waals surface area contributed by atoms with Crippen LogP contribution in [0.1, 0.15) is 16.1 Å². The first-order valence-corrected chi connectivity index (χ1v) is 9.25. The molecule has 0 unspecified atom stereocenters. The van der Waals surface area contributed by atoms with Crippen molar-refractivity contribution in [3.8, 4) is 17.1 Å². The van der Waals surface area contributed by atoms with Crippen molar-refractivity contribution < 1.29 is 31.5 Å². The third-order valence-corrected chi connectivity index (χ3v) is 4.35. The number of nitrogens with zero attached hydrogens (tertiary/aromatic N) is 1. The highest BCUT2D eigenvalue weighted by Crippen LogP contribution is 2.31. The molecule has 1 N–H and O–H groups in total. The van der Waals surface area contributed by atoms with Crippen LogP contribution in [0, 0.1) is 0 Å². The molecule has 0 saturated carbocycles. The third kappa shape index (κ3) is 5.77. The van der Waals surface area contributed by atoms with Gasteiger partial charge in [0.15, 0.2) is 0 Å². The number of ether oxygens (including phenoxy) is 1. The molecule has 1 amide bonds. The second kappa shape index (κ2) is 9.40. The molecule has 0 aliphatic heterocycles. The summed E-state index contributed by atoms with van der Waals surface area (Å²) in [6.07, 6.45) is -7.50. The molecule has 0 fully saturated rings. The number of rotatable bonds is 7. The van der Waals surface area contributed by atoms with Crippen molar-refractivity contribution in [2.24, 2.45) is 5.10 Å². The Balaban J connectivity index is 1.66. The lowest BCUT2D eigenvalue weighted by molar-refractivity contribution is -0.253. The summed E-state index contributed by atoms with van der Waals surface area (Å²) in [5.74, 6) is -0.687. The molecule has 0 radical (unpaired) electrons. The van der Waals surface area contributed by atoms with Crippen LogP contribution in [0.3, 0.4) is 0 Å². The fourth-order valence-corrected chi connectivity index (χ4v) is 2.76. The summed E-state index contributed by atoms with van der Waals surface area (Å²) in [7, 11) is 0. The molecular weight excluding hydrogens is 463 g/mol. The maximum absolute atomic E-state index is 13.0. The highest BCUT2D eigenvalue weighted by molar-refractivity contribution is 6.35. The fraction of sp³-hybridized carbons (Fsp3) is 0.100. The van der Waals surface area contributed by atoms with E-state index < -0.39 is 24.2 Å². The van der Waals surface area contributed by atoms with E-state index in [-0.39, 0.29) is 11.3 Å². The van der Waals surface area contributed by atoms with Gasteiger partial charge in [-0.3, -0.25) is 4.79 Å². The van der Waals surface area contributed by atoms with Crippen molar-refractivity contribution in [1.82, 2.24) is 5.43 Å². The number of carbonyl (C=O) groups excluding carboxylic acids is 1. The van der Waals surface area contributed by atoms with Crippen molar-refractivity contribution in [3.63, 3.8) is 0 Å². The van der Waals surface area contributed by atoms with Gasteiger partial charge in [0.1, 0.15) is 17.3 Å². The van der Waals surface area contributed by atoms with E-state index in [0.717, 1.165) is 12.1 Å². The standard InChI is InChI=1S/C20H12Cl2F4N2O3/c21-12-4-6-16(22)15(9-12)17-7-5-14(30-17)10-27-28-18(29)11-2-1-3-13(8-11)31-20(25,26)19(23)24/h1-10,19H,(H,28,29)/b27-10-. The number of benzene rings is 2. The van der Waals surface area contributed by atoms with Crippen LogP contribution in [0.2, 0.25) is 10.0 Å². The molecule has 0 aliphatic carbocycles. The Labute approximate surface area is 183 Å². The van der Waals surface area contributed by atoms with Crippen LogP contribution >= 0.6 is 23.2 Å². The third-order valence-electron chi connectivity index (χ3n) is 3.78. The number of nitrogens with one attached hydrogen (secondary N) is 1. The average Bonchev–Trinajstić information content (AvgIpc) is 3.18. The molecular formula is C20H12Cl2F4N2O3. The highest BCUT2D eigenvalue weighted by atomic mass is 35.5. The molecule has 3 rings (SSSR count). The van der Waals surface area contributed by atoms with E-state index >= 15 is 0 Å². The fourth-order valence-electron chi connectivity index (χ4n) is 2.37. The first-order chi connectivity index (χ1) is 14.7. The zero-order valence-corrected chi connectivity index (χ0v) is 16.8. The number of carbonyl (C=O) groups is 1. The second-order valence-electron chi connectivity index (χ2n) is 6.02. The van der Waals surface area contributed by atoms with E-state index in [1.807, 2.05) is 0 Å². The van der Waals surface area contributed by atoms with Crippen LogP contribution < -0.4 is 10.2 Å². The minimum Gasteiger partial charge on any atom is -0.455 e. The molecule has 31 heavy (non-hydrogen) atoms. The van der Waals surface area contributed by atoms with E-state index in [2.05, 4.69) is 15.3 Å². The van der Waals surface area contributed by atoms with Crippen molar-refractivity contribution in [3.05, 3.63) is 76.0 Å². The lowest BCUT2D eigenvalue weighted by Gasteiger charge is -2.16. The minimum atomic E-state index is -4.68. The molecule has 0 atom stereocenters. The van der Waals surface area contributed by atoms with Gasteiger partial charge < -0.3 is 9.15 Å². The molecule has 0 bridgehead atoms. The van der Waals surface area contributed by atoms with Gasteiger partial charge >= 0.3 is 12.5 Å². The van der Waals surface area contributed by atoms with Crippen LogP contribution in [-0.2, 0) is 0 Å². The van der Waals surface area contributed by atoms with Gasteiger partial charge in [-0.1, -0.05) is 29.3 Å². The van der Waals surface area contributed by atoms with E-state index in [4.69, 9.17) is 27.6 Å². The van der Waals surface area contributed by atoms with Crippen molar-refractivity contribution in [2.75, 3.05) is 0 Å². The molecule has 0 saturated heterocycles. The Morgan fingerprint density at radius 1 is 1.13 bits per heavy atom. The SMILES string of the molecule is O=C(N/N=C\c1ccc(-c2cc(Cl)ccc2Cl)o1)c1cccc(OC(F)(F)C(F)F)c1. The normalized spacial score (nSPS) is 11.8. The summed E-state index contributed by atoms with van der Waals surface area (Å²) in [6.45, 7) is 0. The number of alkyl halides is 4. The van der Waals surface area contributed by atoms with E-state index in [1.165, 1.54) is 18.3 Å². The predicted molar refractivity (Wildman–Crippen MR) is 107 cm³/mol. The van der Waals surface area contributed by atoms with Gasteiger partial charge in [-0.05, 0) is 48.5 Å². The number of hydrazone groups is 1. The zero-order chi connectivity index (χ0) is 22.6. The number of amides is 1. The van der Waals surface area contributed by atoms with Crippen LogP contribution in [0.15, 0.2) is 64.1 Å². The van der Waals surface area contributed by atoms with E-state index in [9.17, 15) is 22.4 Å². The molecule has 5 nitrogen and oxygen atoms in total. The lowest BCUT2D eigenvalue weighted by atomic mass is 10.2. The maximum Gasteiger partial charge on any atom is 0.461 e. The Morgan fingerprint density at radius 3 is 2.65 bits per heavy atom. The van der Waals surface area contributed by atoms with Crippen LogP contribution in [0.5, 0.6) is 5.75 Å². The van der Waals surface area contributed by atoms with Gasteiger partial charge in [0.05, 0.1) is 11.2 Å². The molecule has 0 spiro atoms. The van der Waals surface area contributed by atoms with Crippen molar-refractivity contribution in [1.29, 1.82) is 0 Å². The summed E-state index contributed by atoms with van der Waals surface area (Å²) in [5.41, 5.74) is 2.59. The van der Waals surface area contributed by atoms with Crippen LogP contribution in [0.4, 0.5) is 17.6 Å². The van der Waals surface area contributed by atoms with E-state index in [1.54, 1.807) is 30.3 Å². The Morgan fingerprint density at radius 2 is 1.90 bits per heavy atom. The van der Waals surface area contributed by atoms with Gasteiger partial charge in [-0.25, -0.2) is 5.43 Å². The van der Waals surface area contributed by atoms with Crippen molar-refractivity contribution >= 4 is 35.3 Å².